The van der Waals surface area contributed by atoms with Crippen LogP contribution >= 0.6 is 0 Å². The molecule has 2 aromatic heterocycles. The van der Waals surface area contributed by atoms with E-state index in [-0.39, 0.29) is 17.7 Å². The molecule has 30 heavy (non-hydrogen) atoms. The van der Waals surface area contributed by atoms with Crippen LogP contribution in [0.15, 0.2) is 36.8 Å². The van der Waals surface area contributed by atoms with Crippen LogP contribution in [0.3, 0.4) is 0 Å². The number of nitrogens with one attached hydrogen (secondary N) is 1. The predicted octanol–water partition coefficient (Wildman–Crippen LogP) is 1.45. The SMILES string of the molecule is COCCNC(=O)[C@@H]1CN(Cc2ccncc2)C[C@H]1c1ccnc(N2CCCC2)n1. The van der Waals surface area contributed by atoms with Gasteiger partial charge in [0.15, 0.2) is 0 Å². The molecule has 2 aliphatic heterocycles. The molecule has 0 bridgehead atoms. The average Bonchev–Trinajstić information content (AvgIpc) is 3.45. The Morgan fingerprint density at radius 1 is 1.17 bits per heavy atom. The largest absolute Gasteiger partial charge is 0.383 e. The maximum absolute atomic E-state index is 13.0. The number of pyridine rings is 1. The van der Waals surface area contributed by atoms with Crippen molar-refractivity contribution in [2.45, 2.75) is 25.3 Å². The normalized spacial score (nSPS) is 21.8. The quantitative estimate of drug-likeness (QED) is 0.660. The fraction of sp³-hybridized carbons (Fsp3) is 0.545. The number of hydrogen-bond acceptors (Lipinski definition) is 7. The first kappa shape index (κ1) is 20.7. The smallest absolute Gasteiger partial charge is 0.225 e. The zero-order valence-corrected chi connectivity index (χ0v) is 17.5. The molecule has 2 saturated heterocycles. The Morgan fingerprint density at radius 3 is 2.73 bits per heavy atom. The minimum Gasteiger partial charge on any atom is -0.383 e. The third-order valence-electron chi connectivity index (χ3n) is 5.93. The van der Waals surface area contributed by atoms with E-state index in [1.165, 1.54) is 18.4 Å². The van der Waals surface area contributed by atoms with E-state index in [9.17, 15) is 4.79 Å². The van der Waals surface area contributed by atoms with Crippen LogP contribution in [-0.2, 0) is 16.1 Å². The molecule has 0 aliphatic carbocycles. The van der Waals surface area contributed by atoms with Gasteiger partial charge in [0.1, 0.15) is 0 Å². The highest BCUT2D eigenvalue weighted by molar-refractivity contribution is 5.80. The summed E-state index contributed by atoms with van der Waals surface area (Å²) in [5.74, 6) is 0.746. The van der Waals surface area contributed by atoms with Crippen LogP contribution < -0.4 is 10.2 Å². The molecule has 4 heterocycles. The van der Waals surface area contributed by atoms with Gasteiger partial charge in [0.2, 0.25) is 11.9 Å². The van der Waals surface area contributed by atoms with Crippen molar-refractivity contribution in [2.75, 3.05) is 51.3 Å². The summed E-state index contributed by atoms with van der Waals surface area (Å²) in [6.07, 6.45) is 7.82. The summed E-state index contributed by atoms with van der Waals surface area (Å²) in [5, 5.41) is 3.02. The number of nitrogens with zero attached hydrogens (tertiary/aromatic N) is 5. The Bertz CT molecular complexity index is 827. The van der Waals surface area contributed by atoms with Crippen molar-refractivity contribution < 1.29 is 9.53 Å². The molecule has 2 fully saturated rings. The lowest BCUT2D eigenvalue weighted by Crippen LogP contribution is -2.36. The Labute approximate surface area is 177 Å². The number of carbonyl (C=O) groups is 1. The minimum absolute atomic E-state index is 0.0405. The lowest BCUT2D eigenvalue weighted by Gasteiger charge is -2.20. The zero-order chi connectivity index (χ0) is 20.8. The fourth-order valence-corrected chi connectivity index (χ4v) is 4.37. The number of carbonyl (C=O) groups excluding carboxylic acids is 1. The van der Waals surface area contributed by atoms with E-state index in [4.69, 9.17) is 9.72 Å². The molecule has 0 unspecified atom stereocenters. The molecule has 1 N–H and O–H groups in total. The van der Waals surface area contributed by atoms with Crippen LogP contribution in [0.4, 0.5) is 5.95 Å². The highest BCUT2D eigenvalue weighted by Gasteiger charge is 2.39. The van der Waals surface area contributed by atoms with E-state index in [0.29, 0.717) is 19.7 Å². The number of methoxy groups -OCH3 is 1. The highest BCUT2D eigenvalue weighted by Crippen LogP contribution is 2.33. The molecule has 0 spiro atoms. The first-order chi connectivity index (χ1) is 14.7. The van der Waals surface area contributed by atoms with Crippen molar-refractivity contribution in [1.82, 2.24) is 25.2 Å². The van der Waals surface area contributed by atoms with Gasteiger partial charge in [-0.25, -0.2) is 9.97 Å². The van der Waals surface area contributed by atoms with Crippen LogP contribution in [0.2, 0.25) is 0 Å². The molecule has 8 heteroatoms. The second-order valence-corrected chi connectivity index (χ2v) is 8.02. The van der Waals surface area contributed by atoms with Crippen LogP contribution in [0, 0.1) is 5.92 Å². The van der Waals surface area contributed by atoms with E-state index >= 15 is 0 Å². The number of ether oxygens (including phenoxy) is 1. The van der Waals surface area contributed by atoms with Crippen LogP contribution in [0.5, 0.6) is 0 Å². The van der Waals surface area contributed by atoms with Gasteiger partial charge in [0.25, 0.3) is 0 Å². The van der Waals surface area contributed by atoms with Crippen molar-refractivity contribution in [3.8, 4) is 0 Å². The summed E-state index contributed by atoms with van der Waals surface area (Å²) in [5.41, 5.74) is 2.15. The van der Waals surface area contributed by atoms with Gasteiger partial charge in [0, 0.05) is 70.9 Å². The number of anilines is 1. The maximum atomic E-state index is 13.0. The van der Waals surface area contributed by atoms with Gasteiger partial charge < -0.3 is 15.0 Å². The third-order valence-corrected chi connectivity index (χ3v) is 5.93. The van der Waals surface area contributed by atoms with Crippen molar-refractivity contribution in [1.29, 1.82) is 0 Å². The number of amides is 1. The van der Waals surface area contributed by atoms with E-state index in [1.807, 2.05) is 36.8 Å². The summed E-state index contributed by atoms with van der Waals surface area (Å²) < 4.78 is 5.08. The fourth-order valence-electron chi connectivity index (χ4n) is 4.37. The Hall–Kier alpha value is -2.58. The summed E-state index contributed by atoms with van der Waals surface area (Å²) in [6, 6.07) is 6.02. The molecule has 160 valence electrons. The van der Waals surface area contributed by atoms with Crippen molar-refractivity contribution in [2.24, 2.45) is 5.92 Å². The highest BCUT2D eigenvalue weighted by atomic mass is 16.5. The van der Waals surface area contributed by atoms with Gasteiger partial charge >= 0.3 is 0 Å². The maximum Gasteiger partial charge on any atom is 0.225 e. The van der Waals surface area contributed by atoms with Gasteiger partial charge in [-0.05, 0) is 36.6 Å². The molecule has 0 saturated carbocycles. The topological polar surface area (TPSA) is 83.5 Å². The van der Waals surface area contributed by atoms with E-state index in [0.717, 1.165) is 37.8 Å². The molecule has 4 rings (SSSR count). The second kappa shape index (κ2) is 9.95. The van der Waals surface area contributed by atoms with Crippen LogP contribution in [0.25, 0.3) is 0 Å². The van der Waals surface area contributed by atoms with Crippen molar-refractivity contribution in [3.05, 3.63) is 48.0 Å². The average molecular weight is 411 g/mol. The number of aromatic nitrogens is 3. The molecule has 0 radical (unpaired) electrons. The standard InChI is InChI=1S/C22H30N6O2/c1-30-13-10-24-21(29)19-16-27(14-17-4-7-23-8-5-17)15-18(19)20-6-9-25-22(26-20)28-11-2-3-12-28/h4-9,18-19H,2-3,10-16H2,1H3,(H,24,29)/t18-,19-/m1/s1. The van der Waals surface area contributed by atoms with E-state index in [2.05, 4.69) is 25.1 Å². The predicted molar refractivity (Wildman–Crippen MR) is 114 cm³/mol. The van der Waals surface area contributed by atoms with Gasteiger partial charge in [0.05, 0.1) is 18.2 Å². The van der Waals surface area contributed by atoms with Crippen LogP contribution in [-0.4, -0.2) is 72.2 Å². The lowest BCUT2D eigenvalue weighted by atomic mass is 9.92. The second-order valence-electron chi connectivity index (χ2n) is 8.02. The molecule has 2 aliphatic rings. The van der Waals surface area contributed by atoms with Gasteiger partial charge in [-0.1, -0.05) is 0 Å². The van der Waals surface area contributed by atoms with Crippen LogP contribution in [0.1, 0.15) is 30.0 Å². The molecule has 2 aromatic rings. The Balaban J connectivity index is 1.52. The number of likely N-dealkylation sites (tertiary alicyclic amines) is 1. The molecule has 2 atom stereocenters. The van der Waals surface area contributed by atoms with E-state index in [1.54, 1.807) is 7.11 Å². The molecule has 0 aromatic carbocycles. The third kappa shape index (κ3) is 4.94. The molecular formula is C22H30N6O2. The molecular weight excluding hydrogens is 380 g/mol. The zero-order valence-electron chi connectivity index (χ0n) is 17.5. The van der Waals surface area contributed by atoms with Gasteiger partial charge in [-0.3, -0.25) is 14.7 Å². The summed E-state index contributed by atoms with van der Waals surface area (Å²) in [4.78, 5) is 31.0. The van der Waals surface area contributed by atoms with Gasteiger partial charge in [-0.2, -0.15) is 0 Å². The molecule has 8 nitrogen and oxygen atoms in total. The minimum atomic E-state index is -0.148. The Morgan fingerprint density at radius 2 is 1.97 bits per heavy atom. The monoisotopic (exact) mass is 410 g/mol. The van der Waals surface area contributed by atoms with Crippen molar-refractivity contribution >= 4 is 11.9 Å². The van der Waals surface area contributed by atoms with E-state index < -0.39 is 0 Å². The Kier molecular flexibility index (Phi) is 6.86. The van der Waals surface area contributed by atoms with Gasteiger partial charge in [-0.15, -0.1) is 0 Å². The summed E-state index contributed by atoms with van der Waals surface area (Å²) >= 11 is 0. The number of hydrogen-bond donors (Lipinski definition) is 1. The summed E-state index contributed by atoms with van der Waals surface area (Å²) in [6.45, 7) is 5.33. The summed E-state index contributed by atoms with van der Waals surface area (Å²) in [7, 11) is 1.64. The number of rotatable bonds is 8. The molecule has 1 amide bonds. The lowest BCUT2D eigenvalue weighted by molar-refractivity contribution is -0.125. The first-order valence-electron chi connectivity index (χ1n) is 10.7. The first-order valence-corrected chi connectivity index (χ1v) is 10.7. The van der Waals surface area contributed by atoms with Crippen molar-refractivity contribution in [3.63, 3.8) is 0 Å².